The minimum absolute atomic E-state index is 0.0115. The van der Waals surface area contributed by atoms with E-state index in [0.717, 1.165) is 16.5 Å². The number of para-hydroxylation sites is 1. The first-order chi connectivity index (χ1) is 8.83. The fourth-order valence-electron chi connectivity index (χ4n) is 1.99. The van der Waals surface area contributed by atoms with E-state index in [0.29, 0.717) is 12.2 Å². The van der Waals surface area contributed by atoms with Gasteiger partial charge in [-0.25, -0.2) is 0 Å². The van der Waals surface area contributed by atoms with Crippen LogP contribution in [0.1, 0.15) is 16.1 Å². The molecule has 0 fully saturated rings. The fraction of sp³-hybridized carbons (Fsp3) is 0.0625. The van der Waals surface area contributed by atoms with E-state index in [1.807, 2.05) is 54.6 Å². The van der Waals surface area contributed by atoms with Crippen LogP contribution in [0, 0.1) is 0 Å². The molecule has 3 rings (SSSR count). The maximum Gasteiger partial charge on any atom is 0.202 e. The van der Waals surface area contributed by atoms with Gasteiger partial charge in [0.15, 0.2) is 5.76 Å². The Morgan fingerprint density at radius 2 is 1.67 bits per heavy atom. The molecule has 1 heterocycles. The van der Waals surface area contributed by atoms with Gasteiger partial charge < -0.3 is 4.42 Å². The molecule has 2 aromatic carbocycles. The number of carbonyl (C=O) groups excluding carboxylic acids is 1. The molecule has 3 aromatic rings. The normalized spacial score (nSPS) is 10.7. The van der Waals surface area contributed by atoms with Crippen LogP contribution in [-0.2, 0) is 6.42 Å². The van der Waals surface area contributed by atoms with Gasteiger partial charge in [-0.2, -0.15) is 0 Å². The number of furan rings is 1. The first-order valence-corrected chi connectivity index (χ1v) is 5.88. The van der Waals surface area contributed by atoms with Crippen molar-refractivity contribution < 1.29 is 9.21 Å². The second kappa shape index (κ2) is 4.49. The average molecular weight is 236 g/mol. The molecule has 0 atom stereocenters. The molecule has 2 nitrogen and oxygen atoms in total. The minimum Gasteiger partial charge on any atom is -0.453 e. The quantitative estimate of drug-likeness (QED) is 0.646. The molecule has 0 unspecified atom stereocenters. The Labute approximate surface area is 105 Å². The molecule has 0 aliphatic rings. The Bertz CT molecular complexity index is 647. The van der Waals surface area contributed by atoms with Crippen LogP contribution in [0.4, 0.5) is 0 Å². The summed E-state index contributed by atoms with van der Waals surface area (Å²) in [5.74, 6) is 0.442. The Morgan fingerprint density at radius 3 is 2.44 bits per heavy atom. The number of hydrogen-bond acceptors (Lipinski definition) is 2. The number of Topliss-reactive ketones (excluding diaryl/α,β-unsaturated/α-hetero) is 1. The van der Waals surface area contributed by atoms with Gasteiger partial charge in [0.1, 0.15) is 5.58 Å². The van der Waals surface area contributed by atoms with Crippen LogP contribution >= 0.6 is 0 Å². The van der Waals surface area contributed by atoms with Crippen molar-refractivity contribution in [2.75, 3.05) is 0 Å². The van der Waals surface area contributed by atoms with Gasteiger partial charge in [0.2, 0.25) is 5.78 Å². The lowest BCUT2D eigenvalue weighted by Gasteiger charge is -1.97. The van der Waals surface area contributed by atoms with Crippen molar-refractivity contribution in [1.29, 1.82) is 0 Å². The highest BCUT2D eigenvalue weighted by molar-refractivity contribution is 5.98. The number of rotatable bonds is 3. The van der Waals surface area contributed by atoms with Crippen molar-refractivity contribution in [1.82, 2.24) is 0 Å². The molecule has 0 aliphatic heterocycles. The number of benzene rings is 2. The molecule has 0 saturated heterocycles. The Morgan fingerprint density at radius 1 is 0.944 bits per heavy atom. The maximum atomic E-state index is 12.1. The highest BCUT2D eigenvalue weighted by Crippen LogP contribution is 2.20. The Balaban J connectivity index is 1.88. The summed E-state index contributed by atoms with van der Waals surface area (Å²) in [6.07, 6.45) is 0.376. The van der Waals surface area contributed by atoms with Crippen LogP contribution in [-0.4, -0.2) is 5.78 Å². The number of carbonyl (C=O) groups is 1. The fourth-order valence-corrected chi connectivity index (χ4v) is 1.99. The molecule has 0 amide bonds. The van der Waals surface area contributed by atoms with E-state index in [2.05, 4.69) is 0 Å². The van der Waals surface area contributed by atoms with Gasteiger partial charge in [0.05, 0.1) is 0 Å². The first-order valence-electron chi connectivity index (χ1n) is 5.88. The van der Waals surface area contributed by atoms with E-state index in [1.54, 1.807) is 6.07 Å². The van der Waals surface area contributed by atoms with Crippen molar-refractivity contribution >= 4 is 16.8 Å². The molecule has 0 aliphatic carbocycles. The largest absolute Gasteiger partial charge is 0.453 e. The Hall–Kier alpha value is -2.35. The van der Waals surface area contributed by atoms with Crippen LogP contribution in [0.3, 0.4) is 0 Å². The van der Waals surface area contributed by atoms with Crippen molar-refractivity contribution in [2.45, 2.75) is 6.42 Å². The van der Waals surface area contributed by atoms with Crippen molar-refractivity contribution in [3.63, 3.8) is 0 Å². The van der Waals surface area contributed by atoms with Gasteiger partial charge in [-0.15, -0.1) is 0 Å². The predicted octanol–water partition coefficient (Wildman–Crippen LogP) is 3.86. The zero-order valence-corrected chi connectivity index (χ0v) is 9.80. The van der Waals surface area contributed by atoms with Gasteiger partial charge in [-0.05, 0) is 17.7 Å². The topological polar surface area (TPSA) is 30.2 Å². The second-order valence-electron chi connectivity index (χ2n) is 4.23. The maximum absolute atomic E-state index is 12.1. The zero-order valence-electron chi connectivity index (χ0n) is 9.80. The van der Waals surface area contributed by atoms with Crippen LogP contribution < -0.4 is 0 Å². The van der Waals surface area contributed by atoms with Crippen molar-refractivity contribution in [2.24, 2.45) is 0 Å². The van der Waals surface area contributed by atoms with Crippen molar-refractivity contribution in [3.05, 3.63) is 72.0 Å². The lowest BCUT2D eigenvalue weighted by Crippen LogP contribution is -2.01. The highest BCUT2D eigenvalue weighted by atomic mass is 16.3. The molecule has 18 heavy (non-hydrogen) atoms. The van der Waals surface area contributed by atoms with Gasteiger partial charge in [-0.1, -0.05) is 48.5 Å². The van der Waals surface area contributed by atoms with E-state index in [9.17, 15) is 4.79 Å². The smallest absolute Gasteiger partial charge is 0.202 e. The van der Waals surface area contributed by atoms with E-state index in [4.69, 9.17) is 4.42 Å². The van der Waals surface area contributed by atoms with E-state index < -0.39 is 0 Å². The van der Waals surface area contributed by atoms with Gasteiger partial charge in [0.25, 0.3) is 0 Å². The van der Waals surface area contributed by atoms with Crippen LogP contribution in [0.2, 0.25) is 0 Å². The van der Waals surface area contributed by atoms with Gasteiger partial charge >= 0.3 is 0 Å². The van der Waals surface area contributed by atoms with Crippen molar-refractivity contribution in [3.8, 4) is 0 Å². The summed E-state index contributed by atoms with van der Waals surface area (Å²) < 4.78 is 5.55. The molecule has 0 radical (unpaired) electrons. The summed E-state index contributed by atoms with van der Waals surface area (Å²) in [4.78, 5) is 12.1. The summed E-state index contributed by atoms with van der Waals surface area (Å²) in [7, 11) is 0. The van der Waals surface area contributed by atoms with E-state index in [1.165, 1.54) is 0 Å². The van der Waals surface area contributed by atoms with Crippen LogP contribution in [0.5, 0.6) is 0 Å². The summed E-state index contributed by atoms with van der Waals surface area (Å²) in [6, 6.07) is 19.1. The van der Waals surface area contributed by atoms with Gasteiger partial charge in [0, 0.05) is 11.8 Å². The molecule has 0 spiro atoms. The lowest BCUT2D eigenvalue weighted by atomic mass is 10.1. The lowest BCUT2D eigenvalue weighted by molar-refractivity contribution is 0.0968. The average Bonchev–Trinajstić information content (AvgIpc) is 2.84. The zero-order chi connectivity index (χ0) is 12.4. The molecule has 1 aromatic heterocycles. The summed E-state index contributed by atoms with van der Waals surface area (Å²) in [5, 5.41) is 0.967. The summed E-state index contributed by atoms with van der Waals surface area (Å²) in [5.41, 5.74) is 1.76. The first kappa shape index (κ1) is 10.8. The molecule has 0 bridgehead atoms. The SMILES string of the molecule is O=C(Cc1ccccc1)c1cc2ccccc2o1. The van der Waals surface area contributed by atoms with E-state index >= 15 is 0 Å². The molecule has 0 N–H and O–H groups in total. The van der Waals surface area contributed by atoms with Crippen LogP contribution in [0.15, 0.2) is 65.1 Å². The number of hydrogen-bond donors (Lipinski definition) is 0. The van der Waals surface area contributed by atoms with Crippen LogP contribution in [0.25, 0.3) is 11.0 Å². The molecule has 88 valence electrons. The van der Waals surface area contributed by atoms with E-state index in [-0.39, 0.29) is 5.78 Å². The molecule has 0 saturated carbocycles. The third-order valence-corrected chi connectivity index (χ3v) is 2.91. The molecule has 2 heteroatoms. The number of fused-ring (bicyclic) bond motifs is 1. The summed E-state index contributed by atoms with van der Waals surface area (Å²) in [6.45, 7) is 0. The standard InChI is InChI=1S/C16H12O2/c17-14(10-12-6-2-1-3-7-12)16-11-13-8-4-5-9-15(13)18-16/h1-9,11H,10H2. The summed E-state index contributed by atoms with van der Waals surface area (Å²) >= 11 is 0. The van der Waals surface area contributed by atoms with Gasteiger partial charge in [-0.3, -0.25) is 4.79 Å². The third kappa shape index (κ3) is 2.05. The molecular formula is C16H12O2. The Kier molecular flexibility index (Phi) is 2.69. The second-order valence-corrected chi connectivity index (χ2v) is 4.23. The third-order valence-electron chi connectivity index (χ3n) is 2.91. The predicted molar refractivity (Wildman–Crippen MR) is 70.7 cm³/mol. The highest BCUT2D eigenvalue weighted by Gasteiger charge is 2.12. The minimum atomic E-state index is 0.0115. The monoisotopic (exact) mass is 236 g/mol. The molecular weight excluding hydrogens is 224 g/mol. The number of ketones is 1.